The Bertz CT molecular complexity index is 393. The quantitative estimate of drug-likeness (QED) is 0.653. The average Bonchev–Trinajstić information content (AvgIpc) is 2.20. The van der Waals surface area contributed by atoms with E-state index in [0.29, 0.717) is 0 Å². The third kappa shape index (κ3) is 1.84. The second kappa shape index (κ2) is 3.81. The van der Waals surface area contributed by atoms with E-state index in [1.807, 2.05) is 6.07 Å². The van der Waals surface area contributed by atoms with Gasteiger partial charge in [-0.15, -0.1) is 0 Å². The molecule has 0 saturated carbocycles. The summed E-state index contributed by atoms with van der Waals surface area (Å²) in [4.78, 5) is 0. The summed E-state index contributed by atoms with van der Waals surface area (Å²) < 4.78 is 1.39. The van der Waals surface area contributed by atoms with Crippen LogP contribution in [0.4, 0.5) is 0 Å². The summed E-state index contributed by atoms with van der Waals surface area (Å²) in [7, 11) is 0. The van der Waals surface area contributed by atoms with Gasteiger partial charge < -0.3 is 0 Å². The fourth-order valence-corrected chi connectivity index (χ4v) is 2.16. The SMILES string of the molecule is [AsH2]c1ccccc1-c1ccccc1. The van der Waals surface area contributed by atoms with Gasteiger partial charge in [0.15, 0.2) is 0 Å². The van der Waals surface area contributed by atoms with Crippen molar-refractivity contribution in [3.05, 3.63) is 54.6 Å². The first-order valence-electron chi connectivity index (χ1n) is 4.28. The van der Waals surface area contributed by atoms with Gasteiger partial charge in [-0.05, 0) is 0 Å². The molecule has 0 fully saturated rings. The van der Waals surface area contributed by atoms with E-state index in [2.05, 4.69) is 48.5 Å². The molecular formula is C12H11As. The van der Waals surface area contributed by atoms with Crippen molar-refractivity contribution in [3.63, 3.8) is 0 Å². The van der Waals surface area contributed by atoms with Crippen molar-refractivity contribution < 1.29 is 0 Å². The third-order valence-electron chi connectivity index (χ3n) is 2.05. The monoisotopic (exact) mass is 230 g/mol. The van der Waals surface area contributed by atoms with Gasteiger partial charge in [-0.1, -0.05) is 0 Å². The summed E-state index contributed by atoms with van der Waals surface area (Å²) in [6.07, 6.45) is 0. The maximum absolute atomic E-state index is 2.17. The molecular weight excluding hydrogens is 219 g/mol. The fourth-order valence-electron chi connectivity index (χ4n) is 1.38. The topological polar surface area (TPSA) is 0 Å². The van der Waals surface area contributed by atoms with Crippen LogP contribution >= 0.6 is 0 Å². The zero-order chi connectivity index (χ0) is 9.10. The molecule has 0 aliphatic heterocycles. The normalized spacial score (nSPS) is 9.92. The molecule has 0 spiro atoms. The van der Waals surface area contributed by atoms with E-state index in [4.69, 9.17) is 0 Å². The van der Waals surface area contributed by atoms with Gasteiger partial charge in [0.1, 0.15) is 0 Å². The van der Waals surface area contributed by atoms with Crippen LogP contribution < -0.4 is 4.35 Å². The van der Waals surface area contributed by atoms with Crippen molar-refractivity contribution in [1.29, 1.82) is 0 Å². The van der Waals surface area contributed by atoms with Gasteiger partial charge in [0.2, 0.25) is 0 Å². The van der Waals surface area contributed by atoms with Crippen LogP contribution in [-0.2, 0) is 0 Å². The zero-order valence-corrected chi connectivity index (χ0v) is 9.70. The van der Waals surface area contributed by atoms with Crippen LogP contribution in [0.5, 0.6) is 0 Å². The Morgan fingerprint density at radius 1 is 0.692 bits per heavy atom. The Morgan fingerprint density at radius 2 is 1.31 bits per heavy atom. The minimum atomic E-state index is 1.31. The number of hydrogen-bond acceptors (Lipinski definition) is 0. The van der Waals surface area contributed by atoms with E-state index >= 15 is 0 Å². The summed E-state index contributed by atoms with van der Waals surface area (Å²) >= 11 is 1.68. The first kappa shape index (κ1) is 8.59. The molecule has 0 saturated heterocycles. The van der Waals surface area contributed by atoms with Gasteiger partial charge in [0, 0.05) is 0 Å². The second-order valence-electron chi connectivity index (χ2n) is 2.95. The molecule has 13 heavy (non-hydrogen) atoms. The molecule has 0 bridgehead atoms. The Labute approximate surface area is 87.1 Å². The van der Waals surface area contributed by atoms with E-state index in [1.165, 1.54) is 15.5 Å². The van der Waals surface area contributed by atoms with Gasteiger partial charge in [-0.2, -0.15) is 0 Å². The molecule has 2 aromatic carbocycles. The molecule has 0 aliphatic rings. The van der Waals surface area contributed by atoms with Gasteiger partial charge in [-0.25, -0.2) is 0 Å². The van der Waals surface area contributed by atoms with Crippen LogP contribution in [0, 0.1) is 0 Å². The number of rotatable bonds is 1. The Balaban J connectivity index is 2.54. The van der Waals surface area contributed by atoms with Crippen LogP contribution in [0.3, 0.4) is 0 Å². The van der Waals surface area contributed by atoms with Crippen molar-refractivity contribution in [2.75, 3.05) is 0 Å². The minimum absolute atomic E-state index is 1.31. The summed E-state index contributed by atoms with van der Waals surface area (Å²) in [5, 5.41) is 0. The first-order valence-corrected chi connectivity index (χ1v) is 5.49. The Hall–Kier alpha value is -1.00. The molecule has 2 aromatic rings. The van der Waals surface area contributed by atoms with Crippen molar-refractivity contribution in [3.8, 4) is 11.1 Å². The molecule has 64 valence electrons. The van der Waals surface area contributed by atoms with Crippen LogP contribution in [0.2, 0.25) is 0 Å². The standard InChI is InChI=1S/C12H11As/c13-12-9-5-4-8-11(12)10-6-2-1-3-7-10/h1-9H,13H2. The summed E-state index contributed by atoms with van der Waals surface area (Å²) in [5.41, 5.74) is 2.66. The van der Waals surface area contributed by atoms with Gasteiger partial charge in [0.25, 0.3) is 0 Å². The Kier molecular flexibility index (Phi) is 2.51. The summed E-state index contributed by atoms with van der Waals surface area (Å²) in [6, 6.07) is 19.0. The van der Waals surface area contributed by atoms with E-state index in [9.17, 15) is 0 Å². The predicted octanol–water partition coefficient (Wildman–Crippen LogP) is 1.61. The summed E-state index contributed by atoms with van der Waals surface area (Å²) in [6.45, 7) is 0. The van der Waals surface area contributed by atoms with E-state index < -0.39 is 0 Å². The van der Waals surface area contributed by atoms with Crippen molar-refractivity contribution in [1.82, 2.24) is 0 Å². The second-order valence-corrected chi connectivity index (χ2v) is 4.26. The molecule has 1 heteroatoms. The number of benzene rings is 2. The van der Waals surface area contributed by atoms with E-state index in [0.717, 1.165) is 0 Å². The van der Waals surface area contributed by atoms with Crippen molar-refractivity contribution in [2.24, 2.45) is 0 Å². The van der Waals surface area contributed by atoms with Crippen LogP contribution in [0.15, 0.2) is 54.6 Å². The molecule has 0 aliphatic carbocycles. The number of hydrogen-bond donors (Lipinski definition) is 0. The van der Waals surface area contributed by atoms with Gasteiger partial charge in [0.05, 0.1) is 0 Å². The van der Waals surface area contributed by atoms with E-state index in [-0.39, 0.29) is 0 Å². The molecule has 1 unspecified atom stereocenters. The van der Waals surface area contributed by atoms with E-state index in [1.54, 1.807) is 16.9 Å². The van der Waals surface area contributed by atoms with Crippen LogP contribution in [-0.4, -0.2) is 16.9 Å². The van der Waals surface area contributed by atoms with Crippen LogP contribution in [0.1, 0.15) is 0 Å². The first-order chi connectivity index (χ1) is 6.38. The molecule has 0 radical (unpaired) electrons. The molecule has 0 heterocycles. The Morgan fingerprint density at radius 3 is 2.00 bits per heavy atom. The van der Waals surface area contributed by atoms with Crippen molar-refractivity contribution in [2.45, 2.75) is 0 Å². The maximum atomic E-state index is 2.17. The zero-order valence-electron chi connectivity index (χ0n) is 7.27. The molecule has 0 aromatic heterocycles. The van der Waals surface area contributed by atoms with Gasteiger partial charge >= 0.3 is 86.9 Å². The van der Waals surface area contributed by atoms with Crippen LogP contribution in [0.25, 0.3) is 11.1 Å². The molecule has 1 atom stereocenters. The molecule has 0 amide bonds. The summed E-state index contributed by atoms with van der Waals surface area (Å²) in [5.74, 6) is 0. The molecule has 0 N–H and O–H groups in total. The van der Waals surface area contributed by atoms with Gasteiger partial charge in [-0.3, -0.25) is 0 Å². The predicted molar refractivity (Wildman–Crippen MR) is 60.1 cm³/mol. The average molecular weight is 230 g/mol. The van der Waals surface area contributed by atoms with Crippen molar-refractivity contribution >= 4 is 21.2 Å². The molecule has 0 nitrogen and oxygen atoms in total. The third-order valence-corrected chi connectivity index (χ3v) is 3.10. The molecule has 2 rings (SSSR count). The fraction of sp³-hybridized carbons (Fsp3) is 0.